The SMILES string of the molecule is Cc1ccc(N)cc1C(=O)NCc1ccc(CN2CC(C)OC(C)C2)cc1.Cl.Cl. The van der Waals surface area contributed by atoms with Gasteiger partial charge in [-0.25, -0.2) is 0 Å². The number of morpholine rings is 1. The van der Waals surface area contributed by atoms with Gasteiger partial charge in [-0.2, -0.15) is 0 Å². The number of nitrogens with zero attached hydrogens (tertiary/aromatic N) is 1. The van der Waals surface area contributed by atoms with Gasteiger partial charge in [0, 0.05) is 37.4 Å². The number of hydrogen-bond donors (Lipinski definition) is 2. The van der Waals surface area contributed by atoms with Crippen molar-refractivity contribution in [2.45, 2.75) is 46.1 Å². The Bertz CT molecular complexity index is 789. The molecule has 0 radical (unpaired) electrons. The van der Waals surface area contributed by atoms with Crippen LogP contribution in [0.4, 0.5) is 5.69 Å². The molecule has 0 bridgehead atoms. The highest BCUT2D eigenvalue weighted by Crippen LogP contribution is 2.15. The zero-order valence-corrected chi connectivity index (χ0v) is 18.8. The number of rotatable bonds is 5. The van der Waals surface area contributed by atoms with Crippen LogP contribution in [-0.2, 0) is 17.8 Å². The predicted molar refractivity (Wildman–Crippen MR) is 123 cm³/mol. The van der Waals surface area contributed by atoms with Crippen molar-refractivity contribution in [1.29, 1.82) is 0 Å². The Balaban J connectivity index is 0.00000210. The summed E-state index contributed by atoms with van der Waals surface area (Å²) >= 11 is 0. The van der Waals surface area contributed by atoms with Crippen molar-refractivity contribution in [2.24, 2.45) is 0 Å². The number of carbonyl (C=O) groups is 1. The zero-order valence-electron chi connectivity index (χ0n) is 17.2. The van der Waals surface area contributed by atoms with Crippen molar-refractivity contribution in [3.8, 4) is 0 Å². The van der Waals surface area contributed by atoms with Crippen molar-refractivity contribution in [3.05, 3.63) is 64.7 Å². The maximum absolute atomic E-state index is 12.4. The monoisotopic (exact) mass is 439 g/mol. The lowest BCUT2D eigenvalue weighted by Crippen LogP contribution is -2.44. The molecular weight excluding hydrogens is 409 g/mol. The number of ether oxygens (including phenoxy) is 1. The lowest BCUT2D eigenvalue weighted by Gasteiger charge is -2.35. The fourth-order valence-corrected chi connectivity index (χ4v) is 3.60. The van der Waals surface area contributed by atoms with E-state index in [1.165, 1.54) is 5.56 Å². The molecule has 2 atom stereocenters. The second-order valence-electron chi connectivity index (χ2n) is 7.52. The van der Waals surface area contributed by atoms with Crippen LogP contribution in [0, 0.1) is 6.92 Å². The molecule has 2 unspecified atom stereocenters. The first-order valence-corrected chi connectivity index (χ1v) is 9.50. The number of aryl methyl sites for hydroxylation is 1. The Kier molecular flexibility index (Phi) is 9.93. The molecule has 1 aliphatic heterocycles. The maximum Gasteiger partial charge on any atom is 0.251 e. The van der Waals surface area contributed by atoms with Crippen LogP contribution in [0.15, 0.2) is 42.5 Å². The number of nitrogens with one attached hydrogen (secondary N) is 1. The lowest BCUT2D eigenvalue weighted by atomic mass is 10.1. The molecule has 7 heteroatoms. The fourth-order valence-electron chi connectivity index (χ4n) is 3.60. The molecule has 3 N–H and O–H groups in total. The minimum absolute atomic E-state index is 0. The van der Waals surface area contributed by atoms with Gasteiger partial charge in [0.1, 0.15) is 0 Å². The van der Waals surface area contributed by atoms with Crippen molar-refractivity contribution < 1.29 is 9.53 Å². The van der Waals surface area contributed by atoms with E-state index < -0.39 is 0 Å². The second kappa shape index (κ2) is 11.4. The molecule has 2 aromatic carbocycles. The van der Waals surface area contributed by atoms with Crippen LogP contribution >= 0.6 is 24.8 Å². The highest BCUT2D eigenvalue weighted by Gasteiger charge is 2.21. The number of hydrogen-bond acceptors (Lipinski definition) is 4. The molecule has 1 heterocycles. The molecule has 2 aromatic rings. The van der Waals surface area contributed by atoms with Gasteiger partial charge in [0.2, 0.25) is 0 Å². The standard InChI is InChI=1S/C22H29N3O2.2ClH/c1-15-4-9-20(23)10-21(15)22(26)24-11-18-5-7-19(8-6-18)14-25-12-16(2)27-17(3)13-25;;/h4-10,16-17H,11-14,23H2,1-3H3,(H,24,26);2*1H. The highest BCUT2D eigenvalue weighted by molar-refractivity contribution is 5.96. The summed E-state index contributed by atoms with van der Waals surface area (Å²) in [5.41, 5.74) is 10.3. The third-order valence-electron chi connectivity index (χ3n) is 4.88. The van der Waals surface area contributed by atoms with Crippen molar-refractivity contribution >= 4 is 36.4 Å². The number of benzene rings is 2. The molecule has 0 aromatic heterocycles. The van der Waals surface area contributed by atoms with E-state index in [2.05, 4.69) is 48.3 Å². The van der Waals surface area contributed by atoms with Gasteiger partial charge in [-0.15, -0.1) is 24.8 Å². The molecule has 29 heavy (non-hydrogen) atoms. The van der Waals surface area contributed by atoms with Crippen molar-refractivity contribution in [3.63, 3.8) is 0 Å². The Morgan fingerprint density at radius 1 is 1.07 bits per heavy atom. The molecular formula is C22H31Cl2N3O2. The average Bonchev–Trinajstić information content (AvgIpc) is 2.62. The first-order valence-electron chi connectivity index (χ1n) is 9.50. The zero-order chi connectivity index (χ0) is 19.4. The van der Waals surface area contributed by atoms with E-state index in [0.29, 0.717) is 17.8 Å². The average molecular weight is 440 g/mol. The van der Waals surface area contributed by atoms with Gasteiger partial charge in [0.05, 0.1) is 12.2 Å². The Labute approximate surface area is 185 Å². The Morgan fingerprint density at radius 2 is 1.66 bits per heavy atom. The number of nitrogens with two attached hydrogens (primary N) is 1. The predicted octanol–water partition coefficient (Wildman–Crippen LogP) is 3.96. The van der Waals surface area contributed by atoms with Crippen LogP contribution in [0.3, 0.4) is 0 Å². The molecule has 1 aliphatic rings. The van der Waals surface area contributed by atoms with Crippen LogP contribution < -0.4 is 11.1 Å². The summed E-state index contributed by atoms with van der Waals surface area (Å²) in [6.45, 7) is 9.50. The summed E-state index contributed by atoms with van der Waals surface area (Å²) in [6, 6.07) is 13.8. The summed E-state index contributed by atoms with van der Waals surface area (Å²) in [5.74, 6) is -0.0971. The van der Waals surface area contributed by atoms with Gasteiger partial charge in [-0.1, -0.05) is 30.3 Å². The number of anilines is 1. The highest BCUT2D eigenvalue weighted by atomic mass is 35.5. The third-order valence-corrected chi connectivity index (χ3v) is 4.88. The van der Waals surface area contributed by atoms with Crippen LogP contribution in [-0.4, -0.2) is 36.1 Å². The fraction of sp³-hybridized carbons (Fsp3) is 0.409. The molecule has 5 nitrogen and oxygen atoms in total. The second-order valence-corrected chi connectivity index (χ2v) is 7.52. The van der Waals surface area contributed by atoms with Gasteiger partial charge in [-0.05, 0) is 49.6 Å². The van der Waals surface area contributed by atoms with Crippen molar-refractivity contribution in [1.82, 2.24) is 10.2 Å². The molecule has 1 saturated heterocycles. The Hall–Kier alpha value is -1.79. The van der Waals surface area contributed by atoms with Gasteiger partial charge in [0.25, 0.3) is 5.91 Å². The van der Waals surface area contributed by atoms with E-state index in [9.17, 15) is 4.79 Å². The first-order chi connectivity index (χ1) is 12.9. The molecule has 0 saturated carbocycles. The van der Waals surface area contributed by atoms with Crippen LogP contribution in [0.1, 0.15) is 40.9 Å². The third kappa shape index (κ3) is 7.19. The molecule has 1 amide bonds. The summed E-state index contributed by atoms with van der Waals surface area (Å²) < 4.78 is 5.79. The summed E-state index contributed by atoms with van der Waals surface area (Å²) in [5, 5.41) is 2.97. The summed E-state index contributed by atoms with van der Waals surface area (Å²) in [7, 11) is 0. The van der Waals surface area contributed by atoms with E-state index in [0.717, 1.165) is 30.8 Å². The van der Waals surface area contributed by atoms with Crippen LogP contribution in [0.5, 0.6) is 0 Å². The van der Waals surface area contributed by atoms with Crippen LogP contribution in [0.2, 0.25) is 0 Å². The summed E-state index contributed by atoms with van der Waals surface area (Å²) in [6.07, 6.45) is 0.553. The number of halogens is 2. The van der Waals surface area contributed by atoms with Crippen molar-refractivity contribution in [2.75, 3.05) is 18.8 Å². The normalized spacial score (nSPS) is 19.0. The molecule has 1 fully saturated rings. The molecule has 3 rings (SSSR count). The van der Waals surface area contributed by atoms with Gasteiger partial charge in [-0.3, -0.25) is 9.69 Å². The maximum atomic E-state index is 12.4. The minimum atomic E-state index is -0.0971. The number of carbonyl (C=O) groups excluding carboxylic acids is 1. The van der Waals surface area contributed by atoms with Crippen LogP contribution in [0.25, 0.3) is 0 Å². The number of amides is 1. The van der Waals surface area contributed by atoms with E-state index in [4.69, 9.17) is 10.5 Å². The summed E-state index contributed by atoms with van der Waals surface area (Å²) in [4.78, 5) is 14.8. The van der Waals surface area contributed by atoms with Gasteiger partial charge >= 0.3 is 0 Å². The van der Waals surface area contributed by atoms with E-state index in [1.54, 1.807) is 12.1 Å². The largest absolute Gasteiger partial charge is 0.399 e. The van der Waals surface area contributed by atoms with E-state index >= 15 is 0 Å². The molecule has 160 valence electrons. The lowest BCUT2D eigenvalue weighted by molar-refractivity contribution is -0.0704. The Morgan fingerprint density at radius 3 is 2.28 bits per heavy atom. The first kappa shape index (κ1) is 25.2. The molecule has 0 aliphatic carbocycles. The van der Waals surface area contributed by atoms with Gasteiger partial charge < -0.3 is 15.8 Å². The van der Waals surface area contributed by atoms with Gasteiger partial charge in [0.15, 0.2) is 0 Å². The van der Waals surface area contributed by atoms with E-state index in [1.807, 2.05) is 13.0 Å². The topological polar surface area (TPSA) is 67.6 Å². The molecule has 0 spiro atoms. The number of nitrogen functional groups attached to an aromatic ring is 1. The smallest absolute Gasteiger partial charge is 0.251 e. The van der Waals surface area contributed by atoms with E-state index in [-0.39, 0.29) is 42.9 Å². The quantitative estimate of drug-likeness (QED) is 0.691. The minimum Gasteiger partial charge on any atom is -0.399 e.